The van der Waals surface area contributed by atoms with Crippen molar-refractivity contribution in [3.63, 3.8) is 0 Å². The second kappa shape index (κ2) is 9.78. The van der Waals surface area contributed by atoms with Gasteiger partial charge in [0.15, 0.2) is 6.23 Å². The fourth-order valence-electron chi connectivity index (χ4n) is 4.73. The second-order valence-electron chi connectivity index (χ2n) is 9.81. The van der Waals surface area contributed by atoms with E-state index in [1.165, 1.54) is 26.0 Å². The highest BCUT2D eigenvalue weighted by Gasteiger charge is 2.41. The summed E-state index contributed by atoms with van der Waals surface area (Å²) in [4.78, 5) is 1.73. The van der Waals surface area contributed by atoms with Crippen LogP contribution in [-0.4, -0.2) is 50.1 Å². The molecule has 2 aliphatic rings. The number of aliphatic hydroxyl groups excluding tert-OH is 4. The molecule has 2 aromatic rings. The first-order valence-electron chi connectivity index (χ1n) is 11.6. The van der Waals surface area contributed by atoms with Gasteiger partial charge in [-0.2, -0.15) is 8.78 Å². The first-order chi connectivity index (χ1) is 16.4. The van der Waals surface area contributed by atoms with E-state index in [1.807, 2.05) is 0 Å². The lowest BCUT2D eigenvalue weighted by molar-refractivity contribution is -0.129. The summed E-state index contributed by atoms with van der Waals surface area (Å²) in [5, 5.41) is 45.9. The second-order valence-corrected chi connectivity index (χ2v) is 9.81. The zero-order chi connectivity index (χ0) is 25.5. The number of rotatable bonds is 7. The van der Waals surface area contributed by atoms with E-state index in [-0.39, 0.29) is 12.1 Å². The lowest BCUT2D eigenvalue weighted by Crippen LogP contribution is -2.56. The number of nitrogens with zero attached hydrogens (tertiary/aromatic N) is 1. The molecule has 1 unspecified atom stereocenters. The molecule has 0 aromatic heterocycles. The van der Waals surface area contributed by atoms with Crippen LogP contribution in [-0.2, 0) is 24.7 Å². The highest BCUT2D eigenvalue weighted by molar-refractivity contribution is 5.37. The molecular weight excluding hydrogens is 463 g/mol. The average Bonchev–Trinajstić information content (AvgIpc) is 3.12. The summed E-state index contributed by atoms with van der Waals surface area (Å²) in [5.41, 5.74) is 0.271. The summed E-state index contributed by atoms with van der Waals surface area (Å²) in [6.07, 6.45) is -3.95. The molecule has 0 amide bonds. The SMILES string of the molecule is CC(C)(F)c1ccc(C(F)(F)[C@H](O)NCc2ccc3c(c2)CN(C2CC[C@H](O)N[C@@H]2O)[C@H]3O)cc1. The maximum atomic E-state index is 14.8. The molecule has 4 rings (SSSR count). The van der Waals surface area contributed by atoms with Gasteiger partial charge in [-0.1, -0.05) is 42.5 Å². The molecule has 0 radical (unpaired) electrons. The van der Waals surface area contributed by atoms with Crippen LogP contribution in [0.25, 0.3) is 0 Å². The summed E-state index contributed by atoms with van der Waals surface area (Å²) < 4.78 is 43.6. The van der Waals surface area contributed by atoms with E-state index in [9.17, 15) is 33.6 Å². The smallest absolute Gasteiger partial charge is 0.311 e. The Balaban J connectivity index is 1.40. The van der Waals surface area contributed by atoms with E-state index in [2.05, 4.69) is 10.6 Å². The third-order valence-corrected chi connectivity index (χ3v) is 6.84. The van der Waals surface area contributed by atoms with Crippen LogP contribution >= 0.6 is 0 Å². The van der Waals surface area contributed by atoms with Gasteiger partial charge in [-0.3, -0.25) is 15.5 Å². The van der Waals surface area contributed by atoms with Gasteiger partial charge >= 0.3 is 5.92 Å². The molecule has 0 spiro atoms. The van der Waals surface area contributed by atoms with E-state index >= 15 is 0 Å². The zero-order valence-corrected chi connectivity index (χ0v) is 19.6. The standard InChI is InChI=1S/C25H32F3N3O4/c1-24(2,26)16-4-6-17(7-5-16)25(27,28)23(35)29-12-14-3-8-18-15(11-14)13-31(22(18)34)19-9-10-20(32)30-21(19)33/h3-8,11,19-23,29-30,32-35H,9-10,12-13H2,1-2H3/t19?,20-,21+,22-,23-/m0/s1. The van der Waals surface area contributed by atoms with Gasteiger partial charge in [-0.25, -0.2) is 4.39 Å². The molecule has 7 nitrogen and oxygen atoms in total. The number of fused-ring (bicyclic) bond motifs is 1. The van der Waals surface area contributed by atoms with Crippen LogP contribution < -0.4 is 10.6 Å². The Kier molecular flexibility index (Phi) is 7.27. The van der Waals surface area contributed by atoms with Crippen LogP contribution in [0.4, 0.5) is 13.2 Å². The molecule has 0 aliphatic carbocycles. The van der Waals surface area contributed by atoms with Gasteiger partial charge in [0.2, 0.25) is 0 Å². The molecule has 0 saturated carbocycles. The Morgan fingerprint density at radius 1 is 1.03 bits per heavy atom. The van der Waals surface area contributed by atoms with Gasteiger partial charge in [0.1, 0.15) is 24.4 Å². The molecule has 2 aliphatic heterocycles. The van der Waals surface area contributed by atoms with Crippen molar-refractivity contribution < 1.29 is 33.6 Å². The van der Waals surface area contributed by atoms with Crippen LogP contribution in [0.15, 0.2) is 42.5 Å². The van der Waals surface area contributed by atoms with Crippen molar-refractivity contribution in [3.8, 4) is 0 Å². The van der Waals surface area contributed by atoms with E-state index < -0.39 is 48.1 Å². The molecule has 35 heavy (non-hydrogen) atoms. The first-order valence-corrected chi connectivity index (χ1v) is 11.6. The van der Waals surface area contributed by atoms with E-state index in [0.29, 0.717) is 30.5 Å². The van der Waals surface area contributed by atoms with Crippen LogP contribution in [0.5, 0.6) is 0 Å². The number of nitrogens with one attached hydrogen (secondary N) is 2. The topological polar surface area (TPSA) is 108 Å². The van der Waals surface area contributed by atoms with Crippen molar-refractivity contribution >= 4 is 0 Å². The molecule has 192 valence electrons. The predicted molar refractivity (Wildman–Crippen MR) is 122 cm³/mol. The van der Waals surface area contributed by atoms with E-state index in [0.717, 1.165) is 17.7 Å². The van der Waals surface area contributed by atoms with Crippen LogP contribution in [0, 0.1) is 0 Å². The van der Waals surface area contributed by atoms with Crippen molar-refractivity contribution in [2.45, 2.75) is 82.3 Å². The molecule has 1 fully saturated rings. The van der Waals surface area contributed by atoms with Crippen molar-refractivity contribution in [1.29, 1.82) is 0 Å². The Morgan fingerprint density at radius 2 is 1.69 bits per heavy atom. The van der Waals surface area contributed by atoms with Crippen molar-refractivity contribution in [3.05, 3.63) is 70.3 Å². The van der Waals surface area contributed by atoms with Crippen LogP contribution in [0.1, 0.15) is 60.7 Å². The largest absolute Gasteiger partial charge is 0.379 e. The Morgan fingerprint density at radius 3 is 2.31 bits per heavy atom. The highest BCUT2D eigenvalue weighted by Crippen LogP contribution is 2.37. The molecule has 6 N–H and O–H groups in total. The van der Waals surface area contributed by atoms with E-state index in [4.69, 9.17) is 0 Å². The van der Waals surface area contributed by atoms with Gasteiger partial charge in [0.05, 0.1) is 6.04 Å². The summed E-state index contributed by atoms with van der Waals surface area (Å²) in [6, 6.07) is 9.56. The number of aliphatic hydroxyl groups is 4. The summed E-state index contributed by atoms with van der Waals surface area (Å²) in [5.74, 6) is -3.60. The Hall–Kier alpha value is -2.05. The van der Waals surface area contributed by atoms with Crippen LogP contribution in [0.3, 0.4) is 0 Å². The monoisotopic (exact) mass is 495 g/mol. The quantitative estimate of drug-likeness (QED) is 0.327. The number of piperidine rings is 1. The van der Waals surface area contributed by atoms with Crippen molar-refractivity contribution in [2.75, 3.05) is 0 Å². The lowest BCUT2D eigenvalue weighted by Gasteiger charge is -2.39. The van der Waals surface area contributed by atoms with Gasteiger partial charge < -0.3 is 20.4 Å². The number of benzene rings is 2. The molecule has 2 aromatic carbocycles. The minimum Gasteiger partial charge on any atom is -0.379 e. The number of hydrogen-bond donors (Lipinski definition) is 6. The molecule has 2 heterocycles. The summed E-state index contributed by atoms with van der Waals surface area (Å²) in [7, 11) is 0. The highest BCUT2D eigenvalue weighted by atomic mass is 19.3. The summed E-state index contributed by atoms with van der Waals surface area (Å²) >= 11 is 0. The van der Waals surface area contributed by atoms with Gasteiger partial charge in [0.25, 0.3) is 0 Å². The fourth-order valence-corrected chi connectivity index (χ4v) is 4.73. The average molecular weight is 496 g/mol. The first kappa shape index (κ1) is 26.0. The molecule has 10 heteroatoms. The Labute approximate surface area is 202 Å². The molecular formula is C25H32F3N3O4. The molecule has 1 saturated heterocycles. The molecule has 5 atom stereocenters. The number of alkyl halides is 3. The van der Waals surface area contributed by atoms with Gasteiger partial charge in [0, 0.05) is 18.7 Å². The normalized spacial score (nSPS) is 26.5. The van der Waals surface area contributed by atoms with Crippen LogP contribution in [0.2, 0.25) is 0 Å². The minimum absolute atomic E-state index is 0.0461. The maximum absolute atomic E-state index is 14.8. The van der Waals surface area contributed by atoms with Crippen molar-refractivity contribution in [1.82, 2.24) is 15.5 Å². The van der Waals surface area contributed by atoms with Gasteiger partial charge in [-0.15, -0.1) is 0 Å². The lowest BCUT2D eigenvalue weighted by atomic mass is 9.97. The fraction of sp³-hybridized carbons (Fsp3) is 0.520. The molecule has 0 bridgehead atoms. The van der Waals surface area contributed by atoms with E-state index in [1.54, 1.807) is 23.1 Å². The van der Waals surface area contributed by atoms with Crippen molar-refractivity contribution in [2.24, 2.45) is 0 Å². The maximum Gasteiger partial charge on any atom is 0.311 e. The third-order valence-electron chi connectivity index (χ3n) is 6.84. The van der Waals surface area contributed by atoms with Gasteiger partial charge in [-0.05, 0) is 48.9 Å². The summed E-state index contributed by atoms with van der Waals surface area (Å²) in [6.45, 7) is 2.98. The zero-order valence-electron chi connectivity index (χ0n) is 19.6. The minimum atomic E-state index is -3.60. The number of halogens is 3. The number of hydrogen-bond acceptors (Lipinski definition) is 7. The predicted octanol–water partition coefficient (Wildman–Crippen LogP) is 2.29. The Bertz CT molecular complexity index is 1030. The third kappa shape index (κ3) is 5.39.